The molecule has 2 aromatic rings. The number of aromatic nitrogens is 2. The molecule has 0 aliphatic carbocycles. The Labute approximate surface area is 117 Å². The minimum absolute atomic E-state index is 0.0927. The zero-order valence-electron chi connectivity index (χ0n) is 11.5. The highest BCUT2D eigenvalue weighted by Gasteiger charge is 2.10. The molecule has 0 spiro atoms. The molecule has 6 heteroatoms. The molecule has 0 unspecified atom stereocenters. The lowest BCUT2D eigenvalue weighted by molar-refractivity contribution is -0.120. The second-order valence-electron chi connectivity index (χ2n) is 4.17. The number of benzene rings is 1. The van der Waals surface area contributed by atoms with E-state index in [4.69, 9.17) is 9.47 Å². The summed E-state index contributed by atoms with van der Waals surface area (Å²) in [4.78, 5) is 18.9. The first-order chi connectivity index (χ1) is 9.72. The van der Waals surface area contributed by atoms with Crippen LogP contribution >= 0.6 is 0 Å². The van der Waals surface area contributed by atoms with Gasteiger partial charge in [0.15, 0.2) is 0 Å². The molecule has 1 aromatic carbocycles. The lowest BCUT2D eigenvalue weighted by Gasteiger charge is -2.10. The third kappa shape index (κ3) is 3.50. The van der Waals surface area contributed by atoms with E-state index in [9.17, 15) is 4.79 Å². The van der Waals surface area contributed by atoms with Crippen molar-refractivity contribution in [1.82, 2.24) is 15.3 Å². The van der Waals surface area contributed by atoms with E-state index in [-0.39, 0.29) is 12.3 Å². The van der Waals surface area contributed by atoms with Crippen molar-refractivity contribution in [3.63, 3.8) is 0 Å². The highest BCUT2D eigenvalue weighted by molar-refractivity contribution is 5.79. The molecular weight excluding hydrogens is 258 g/mol. The van der Waals surface area contributed by atoms with Crippen molar-refractivity contribution in [1.29, 1.82) is 0 Å². The molecular formula is C14H17N3O3. The maximum absolute atomic E-state index is 11.9. The van der Waals surface area contributed by atoms with E-state index in [0.29, 0.717) is 18.0 Å². The largest absolute Gasteiger partial charge is 0.497 e. The normalized spacial score (nSPS) is 10.1. The van der Waals surface area contributed by atoms with E-state index >= 15 is 0 Å². The number of nitrogens with one attached hydrogen (secondary N) is 2. The molecule has 1 heterocycles. The van der Waals surface area contributed by atoms with Gasteiger partial charge in [-0.1, -0.05) is 6.07 Å². The minimum atomic E-state index is -0.0927. The molecule has 20 heavy (non-hydrogen) atoms. The summed E-state index contributed by atoms with van der Waals surface area (Å²) in [6.45, 7) is 0.379. The molecule has 2 rings (SSSR count). The second kappa shape index (κ2) is 6.60. The Morgan fingerprint density at radius 1 is 1.35 bits per heavy atom. The molecule has 0 atom stereocenters. The van der Waals surface area contributed by atoms with Gasteiger partial charge in [0.25, 0.3) is 0 Å². The number of imidazole rings is 1. The topological polar surface area (TPSA) is 76.2 Å². The summed E-state index contributed by atoms with van der Waals surface area (Å²) >= 11 is 0. The number of nitrogens with zero attached hydrogens (tertiary/aromatic N) is 1. The van der Waals surface area contributed by atoms with Gasteiger partial charge < -0.3 is 19.8 Å². The summed E-state index contributed by atoms with van der Waals surface area (Å²) in [6, 6.07) is 5.39. The van der Waals surface area contributed by atoms with Crippen LogP contribution < -0.4 is 14.8 Å². The fourth-order valence-electron chi connectivity index (χ4n) is 1.81. The molecule has 6 nitrogen and oxygen atoms in total. The number of hydrogen-bond acceptors (Lipinski definition) is 4. The van der Waals surface area contributed by atoms with Crippen LogP contribution in [0.3, 0.4) is 0 Å². The van der Waals surface area contributed by atoms with Gasteiger partial charge >= 0.3 is 0 Å². The lowest BCUT2D eigenvalue weighted by Crippen LogP contribution is -2.25. The van der Waals surface area contributed by atoms with Crippen molar-refractivity contribution in [2.24, 2.45) is 0 Å². The van der Waals surface area contributed by atoms with E-state index in [1.807, 2.05) is 6.07 Å². The number of amides is 1. The monoisotopic (exact) mass is 275 g/mol. The van der Waals surface area contributed by atoms with Crippen LogP contribution in [0.1, 0.15) is 11.4 Å². The van der Waals surface area contributed by atoms with Gasteiger partial charge in [0.05, 0.1) is 27.2 Å². The first kappa shape index (κ1) is 13.9. The van der Waals surface area contributed by atoms with E-state index < -0.39 is 0 Å². The molecule has 1 aromatic heterocycles. The highest BCUT2D eigenvalue weighted by atomic mass is 16.5. The summed E-state index contributed by atoms with van der Waals surface area (Å²) in [5, 5.41) is 2.79. The fourth-order valence-corrected chi connectivity index (χ4v) is 1.81. The number of carbonyl (C=O) groups excluding carboxylic acids is 1. The fraction of sp³-hybridized carbons (Fsp3) is 0.286. The summed E-state index contributed by atoms with van der Waals surface area (Å²) in [6.07, 6.45) is 3.61. The van der Waals surface area contributed by atoms with Gasteiger partial charge in [0.1, 0.15) is 17.3 Å². The first-order valence-electron chi connectivity index (χ1n) is 6.18. The molecule has 0 saturated heterocycles. The molecule has 0 bridgehead atoms. The van der Waals surface area contributed by atoms with Gasteiger partial charge in [-0.3, -0.25) is 4.79 Å². The first-order valence-corrected chi connectivity index (χ1v) is 6.18. The number of H-pyrrole nitrogens is 1. The molecule has 0 aliphatic rings. The summed E-state index contributed by atoms with van der Waals surface area (Å²) < 4.78 is 10.4. The Morgan fingerprint density at radius 3 is 2.85 bits per heavy atom. The number of ether oxygens (including phenoxy) is 2. The van der Waals surface area contributed by atoms with Crippen LogP contribution in [-0.2, 0) is 17.8 Å². The van der Waals surface area contributed by atoms with E-state index in [1.165, 1.54) is 0 Å². The van der Waals surface area contributed by atoms with Crippen molar-refractivity contribution in [3.05, 3.63) is 42.0 Å². The third-order valence-corrected chi connectivity index (χ3v) is 2.85. The summed E-state index contributed by atoms with van der Waals surface area (Å²) in [7, 11) is 3.16. The molecule has 0 saturated carbocycles. The molecule has 0 fully saturated rings. The van der Waals surface area contributed by atoms with Crippen LogP contribution in [0.25, 0.3) is 0 Å². The van der Waals surface area contributed by atoms with Crippen LogP contribution in [0.4, 0.5) is 0 Å². The number of hydrogen-bond donors (Lipinski definition) is 2. The highest BCUT2D eigenvalue weighted by Crippen LogP contribution is 2.24. The molecule has 106 valence electrons. The number of carbonyl (C=O) groups is 1. The summed E-state index contributed by atoms with van der Waals surface area (Å²) in [5.41, 5.74) is 0.810. The minimum Gasteiger partial charge on any atom is -0.497 e. The van der Waals surface area contributed by atoms with Crippen LogP contribution in [0.15, 0.2) is 30.6 Å². The molecule has 0 aliphatic heterocycles. The van der Waals surface area contributed by atoms with Gasteiger partial charge in [-0.25, -0.2) is 4.98 Å². The Hall–Kier alpha value is -2.50. The number of rotatable bonds is 6. The molecule has 1 amide bonds. The van der Waals surface area contributed by atoms with Crippen molar-refractivity contribution >= 4 is 5.91 Å². The second-order valence-corrected chi connectivity index (χ2v) is 4.17. The summed E-state index contributed by atoms with van der Waals surface area (Å²) in [5.74, 6) is 1.96. The smallest absolute Gasteiger partial charge is 0.224 e. The average Bonchev–Trinajstić information content (AvgIpc) is 2.99. The molecule has 2 N–H and O–H groups in total. The standard InChI is InChI=1S/C14H17N3O3/c1-19-11-4-3-10(12(8-11)20-2)7-14(18)17-9-13-15-5-6-16-13/h3-6,8H,7,9H2,1-2H3,(H,15,16)(H,17,18). The van der Waals surface area contributed by atoms with Crippen molar-refractivity contribution in [2.45, 2.75) is 13.0 Å². The quantitative estimate of drug-likeness (QED) is 0.832. The molecule has 0 radical (unpaired) electrons. The predicted octanol–water partition coefficient (Wildman–Crippen LogP) is 1.29. The van der Waals surface area contributed by atoms with Gasteiger partial charge in [-0.15, -0.1) is 0 Å². The number of aromatic amines is 1. The zero-order valence-corrected chi connectivity index (χ0v) is 11.5. The van der Waals surface area contributed by atoms with E-state index in [0.717, 1.165) is 11.4 Å². The van der Waals surface area contributed by atoms with Gasteiger partial charge in [-0.2, -0.15) is 0 Å². The Balaban J connectivity index is 1.96. The predicted molar refractivity (Wildman–Crippen MR) is 73.7 cm³/mol. The zero-order chi connectivity index (χ0) is 14.4. The van der Waals surface area contributed by atoms with Crippen LogP contribution in [0.5, 0.6) is 11.5 Å². The van der Waals surface area contributed by atoms with Crippen molar-refractivity contribution in [2.75, 3.05) is 14.2 Å². The Kier molecular flexibility index (Phi) is 4.60. The van der Waals surface area contributed by atoms with Gasteiger partial charge in [-0.05, 0) is 6.07 Å². The van der Waals surface area contributed by atoms with Crippen molar-refractivity contribution < 1.29 is 14.3 Å². The van der Waals surface area contributed by atoms with Crippen molar-refractivity contribution in [3.8, 4) is 11.5 Å². The third-order valence-electron chi connectivity index (χ3n) is 2.85. The average molecular weight is 275 g/mol. The van der Waals surface area contributed by atoms with E-state index in [2.05, 4.69) is 15.3 Å². The van der Waals surface area contributed by atoms with E-state index in [1.54, 1.807) is 38.7 Å². The van der Waals surface area contributed by atoms with Crippen LogP contribution in [0.2, 0.25) is 0 Å². The van der Waals surface area contributed by atoms with Gasteiger partial charge in [0, 0.05) is 24.0 Å². The Morgan fingerprint density at radius 2 is 2.20 bits per heavy atom. The lowest BCUT2D eigenvalue weighted by atomic mass is 10.1. The SMILES string of the molecule is COc1ccc(CC(=O)NCc2ncc[nH]2)c(OC)c1. The van der Waals surface area contributed by atoms with Crippen LogP contribution in [-0.4, -0.2) is 30.1 Å². The maximum Gasteiger partial charge on any atom is 0.224 e. The van der Waals surface area contributed by atoms with Crippen LogP contribution in [0, 0.1) is 0 Å². The van der Waals surface area contributed by atoms with Gasteiger partial charge in [0.2, 0.25) is 5.91 Å². The number of methoxy groups -OCH3 is 2. The Bertz CT molecular complexity index is 567. The maximum atomic E-state index is 11.9.